The second-order valence-electron chi connectivity index (χ2n) is 6.95. The number of nitrogens with zero attached hydrogens (tertiary/aromatic N) is 1. The summed E-state index contributed by atoms with van der Waals surface area (Å²) in [4.78, 5) is 0. The Bertz CT molecular complexity index is 1280. The summed E-state index contributed by atoms with van der Waals surface area (Å²) in [5.41, 5.74) is 3.71. The van der Waals surface area contributed by atoms with Crippen molar-refractivity contribution in [1.29, 1.82) is 0 Å². The first kappa shape index (κ1) is 19.8. The van der Waals surface area contributed by atoms with Crippen molar-refractivity contribution in [2.75, 3.05) is 4.72 Å². The fourth-order valence-electron chi connectivity index (χ4n) is 3.28. The van der Waals surface area contributed by atoms with Gasteiger partial charge in [-0.1, -0.05) is 49.0 Å². The summed E-state index contributed by atoms with van der Waals surface area (Å²) in [7, 11) is -3.52. The number of aromatic nitrogens is 1. The highest BCUT2D eigenvalue weighted by atomic mass is 32.2. The van der Waals surface area contributed by atoms with Gasteiger partial charge in [-0.3, -0.25) is 4.72 Å². The van der Waals surface area contributed by atoms with E-state index in [2.05, 4.69) is 21.9 Å². The molecule has 0 spiro atoms. The third kappa shape index (κ3) is 4.72. The van der Waals surface area contributed by atoms with Gasteiger partial charge in [0.05, 0.1) is 0 Å². The first-order chi connectivity index (χ1) is 14.5. The van der Waals surface area contributed by atoms with Crippen molar-refractivity contribution < 1.29 is 13.2 Å². The van der Waals surface area contributed by atoms with Crippen LogP contribution in [0.1, 0.15) is 11.1 Å². The molecule has 0 aliphatic carbocycles. The average Bonchev–Trinajstić information content (AvgIpc) is 3.15. The van der Waals surface area contributed by atoms with Crippen LogP contribution >= 0.6 is 0 Å². The maximum atomic E-state index is 11.7. The largest absolute Gasteiger partial charge is 0.489 e. The fraction of sp³-hybridized carbons (Fsp3) is 0.0833. The van der Waals surface area contributed by atoms with E-state index < -0.39 is 10.0 Å². The van der Waals surface area contributed by atoms with Crippen molar-refractivity contribution in [3.05, 3.63) is 108 Å². The van der Waals surface area contributed by atoms with Gasteiger partial charge in [-0.15, -0.1) is 0 Å². The Morgan fingerprint density at radius 1 is 0.933 bits per heavy atom. The van der Waals surface area contributed by atoms with Gasteiger partial charge in [-0.2, -0.15) is 0 Å². The van der Waals surface area contributed by atoms with Crippen LogP contribution < -0.4 is 9.46 Å². The van der Waals surface area contributed by atoms with Crippen LogP contribution in [0.15, 0.2) is 97.0 Å². The Balaban J connectivity index is 1.49. The number of nitrogens with one attached hydrogen (secondary N) is 1. The van der Waals surface area contributed by atoms with Crippen LogP contribution in [0.25, 0.3) is 10.9 Å². The molecule has 0 fully saturated rings. The summed E-state index contributed by atoms with van der Waals surface area (Å²) < 4.78 is 33.9. The van der Waals surface area contributed by atoms with Crippen LogP contribution in [-0.2, 0) is 23.2 Å². The second kappa shape index (κ2) is 8.47. The van der Waals surface area contributed by atoms with E-state index in [0.29, 0.717) is 18.8 Å². The highest BCUT2D eigenvalue weighted by Crippen LogP contribution is 2.24. The summed E-state index contributed by atoms with van der Waals surface area (Å²) in [5, 5.41) is 1.99. The van der Waals surface area contributed by atoms with Gasteiger partial charge in [0.2, 0.25) is 0 Å². The molecule has 30 heavy (non-hydrogen) atoms. The van der Waals surface area contributed by atoms with Crippen molar-refractivity contribution >= 4 is 26.6 Å². The molecule has 0 unspecified atom stereocenters. The predicted molar refractivity (Wildman–Crippen MR) is 121 cm³/mol. The summed E-state index contributed by atoms with van der Waals surface area (Å²) >= 11 is 0. The lowest BCUT2D eigenvalue weighted by Gasteiger charge is -2.10. The van der Waals surface area contributed by atoms with Gasteiger partial charge in [0.15, 0.2) is 0 Å². The lowest BCUT2D eigenvalue weighted by Crippen LogP contribution is -2.08. The molecule has 152 valence electrons. The second-order valence-corrected chi connectivity index (χ2v) is 8.58. The minimum Gasteiger partial charge on any atom is -0.489 e. The Morgan fingerprint density at radius 2 is 1.73 bits per heavy atom. The van der Waals surface area contributed by atoms with E-state index in [4.69, 9.17) is 4.74 Å². The Morgan fingerprint density at radius 3 is 2.53 bits per heavy atom. The number of hydrogen-bond donors (Lipinski definition) is 1. The predicted octanol–water partition coefficient (Wildman–Crippen LogP) is 5.15. The van der Waals surface area contributed by atoms with Gasteiger partial charge < -0.3 is 9.30 Å². The maximum Gasteiger partial charge on any atom is 0.254 e. The molecule has 0 aliphatic heterocycles. The van der Waals surface area contributed by atoms with E-state index in [1.165, 1.54) is 0 Å². The molecular formula is C24H22N2O3S. The SMILES string of the molecule is C=CS(=O)(=O)Nc1cccc(Cn2ccc3cc(OCc4ccccc4)ccc32)c1. The van der Waals surface area contributed by atoms with Crippen LogP contribution in [-0.4, -0.2) is 13.0 Å². The minimum absolute atomic E-state index is 0.514. The molecule has 0 atom stereocenters. The lowest BCUT2D eigenvalue weighted by atomic mass is 10.2. The molecule has 1 heterocycles. The Hall–Kier alpha value is -3.51. The number of rotatable bonds is 8. The first-order valence-corrected chi connectivity index (χ1v) is 11.1. The number of sulfonamides is 1. The number of ether oxygens (including phenoxy) is 1. The number of benzene rings is 3. The molecule has 0 bridgehead atoms. The van der Waals surface area contributed by atoms with E-state index in [9.17, 15) is 8.42 Å². The molecule has 0 saturated heterocycles. The molecule has 5 nitrogen and oxygen atoms in total. The first-order valence-electron chi connectivity index (χ1n) is 9.52. The van der Waals surface area contributed by atoms with Gasteiger partial charge in [-0.25, -0.2) is 8.42 Å². The number of anilines is 1. The molecule has 0 aliphatic rings. The normalized spacial score (nSPS) is 11.3. The number of hydrogen-bond acceptors (Lipinski definition) is 3. The van der Waals surface area contributed by atoms with Crippen molar-refractivity contribution in [3.63, 3.8) is 0 Å². The maximum absolute atomic E-state index is 11.7. The van der Waals surface area contributed by atoms with Gasteiger partial charge >= 0.3 is 0 Å². The Labute approximate surface area is 176 Å². The molecular weight excluding hydrogens is 396 g/mol. The third-order valence-corrected chi connectivity index (χ3v) is 5.71. The lowest BCUT2D eigenvalue weighted by molar-refractivity contribution is 0.306. The van der Waals surface area contributed by atoms with Crippen LogP contribution in [0, 0.1) is 0 Å². The van der Waals surface area contributed by atoms with Gasteiger partial charge in [0.1, 0.15) is 12.4 Å². The van der Waals surface area contributed by atoms with E-state index in [1.54, 1.807) is 6.07 Å². The zero-order chi connectivity index (χ0) is 21.0. The minimum atomic E-state index is -3.52. The summed E-state index contributed by atoms with van der Waals surface area (Å²) in [5.74, 6) is 0.824. The quantitative estimate of drug-likeness (QED) is 0.430. The third-order valence-electron chi connectivity index (χ3n) is 4.75. The molecule has 1 aromatic heterocycles. The average molecular weight is 419 g/mol. The van der Waals surface area contributed by atoms with Crippen molar-refractivity contribution in [3.8, 4) is 5.75 Å². The van der Waals surface area contributed by atoms with E-state index in [1.807, 2.05) is 72.9 Å². The Kier molecular flexibility index (Phi) is 5.59. The van der Waals surface area contributed by atoms with Crippen LogP contribution in [0.5, 0.6) is 5.75 Å². The van der Waals surface area contributed by atoms with E-state index in [-0.39, 0.29) is 0 Å². The smallest absolute Gasteiger partial charge is 0.254 e. The molecule has 4 aromatic rings. The topological polar surface area (TPSA) is 60.3 Å². The zero-order valence-electron chi connectivity index (χ0n) is 16.4. The van der Waals surface area contributed by atoms with Crippen molar-refractivity contribution in [1.82, 2.24) is 4.57 Å². The summed E-state index contributed by atoms with van der Waals surface area (Å²) in [6.07, 6.45) is 2.02. The summed E-state index contributed by atoms with van der Waals surface area (Å²) in [6.45, 7) is 4.47. The standard InChI is InChI=1S/C24H22N2O3S/c1-2-30(27,28)25-22-10-6-9-20(15-22)17-26-14-13-21-16-23(11-12-24(21)26)29-18-19-7-4-3-5-8-19/h2-16,25H,1,17-18H2. The van der Waals surface area contributed by atoms with Gasteiger partial charge in [-0.05, 0) is 47.5 Å². The van der Waals surface area contributed by atoms with Gasteiger partial charge in [0, 0.05) is 34.7 Å². The molecule has 6 heteroatoms. The van der Waals surface area contributed by atoms with Crippen molar-refractivity contribution in [2.45, 2.75) is 13.2 Å². The van der Waals surface area contributed by atoms with Crippen LogP contribution in [0.4, 0.5) is 5.69 Å². The molecule has 3 aromatic carbocycles. The fourth-order valence-corrected chi connectivity index (χ4v) is 3.82. The molecule has 0 radical (unpaired) electrons. The van der Waals surface area contributed by atoms with Crippen molar-refractivity contribution in [2.24, 2.45) is 0 Å². The highest BCUT2D eigenvalue weighted by molar-refractivity contribution is 7.95. The van der Waals surface area contributed by atoms with Crippen LogP contribution in [0.2, 0.25) is 0 Å². The molecule has 0 saturated carbocycles. The molecule has 4 rings (SSSR count). The molecule has 1 N–H and O–H groups in total. The van der Waals surface area contributed by atoms with E-state index in [0.717, 1.165) is 33.2 Å². The van der Waals surface area contributed by atoms with E-state index >= 15 is 0 Å². The highest BCUT2D eigenvalue weighted by Gasteiger charge is 2.07. The monoisotopic (exact) mass is 418 g/mol. The zero-order valence-corrected chi connectivity index (χ0v) is 17.2. The number of fused-ring (bicyclic) bond motifs is 1. The van der Waals surface area contributed by atoms with Gasteiger partial charge in [0.25, 0.3) is 10.0 Å². The van der Waals surface area contributed by atoms with Crippen LogP contribution in [0.3, 0.4) is 0 Å². The molecule has 0 amide bonds. The summed E-state index contributed by atoms with van der Waals surface area (Å²) in [6, 6.07) is 25.5.